The third-order valence-electron chi connectivity index (χ3n) is 2.67. The van der Waals surface area contributed by atoms with Crippen LogP contribution in [0.15, 0.2) is 45.0 Å². The van der Waals surface area contributed by atoms with Crippen LogP contribution in [0.5, 0.6) is 0 Å². The summed E-state index contributed by atoms with van der Waals surface area (Å²) in [6.45, 7) is 0.489. The summed E-state index contributed by atoms with van der Waals surface area (Å²) in [7, 11) is 0. The van der Waals surface area contributed by atoms with E-state index in [2.05, 4.69) is 31.2 Å². The minimum atomic E-state index is -0.0763. The Morgan fingerprint density at radius 2 is 2.05 bits per heavy atom. The van der Waals surface area contributed by atoms with Gasteiger partial charge in [0.1, 0.15) is 10.5 Å². The van der Waals surface area contributed by atoms with Crippen molar-refractivity contribution >= 4 is 43.2 Å². The lowest BCUT2D eigenvalue weighted by molar-refractivity contribution is 0.956. The summed E-state index contributed by atoms with van der Waals surface area (Å²) < 4.78 is 1.71. The molecule has 0 fully saturated rings. The maximum atomic E-state index is 11.8. The van der Waals surface area contributed by atoms with E-state index in [9.17, 15) is 4.79 Å². The van der Waals surface area contributed by atoms with Gasteiger partial charge in [-0.15, -0.1) is 11.3 Å². The lowest BCUT2D eigenvalue weighted by atomic mass is 10.3. The maximum absolute atomic E-state index is 11.8. The number of halogens is 1. The summed E-state index contributed by atoms with van der Waals surface area (Å²) in [6.07, 6.45) is 0. The molecule has 0 aliphatic carbocycles. The number of fused-ring (bicyclic) bond motifs is 1. The van der Waals surface area contributed by atoms with Crippen molar-refractivity contribution in [2.24, 2.45) is 0 Å². The van der Waals surface area contributed by atoms with Gasteiger partial charge in [-0.3, -0.25) is 4.79 Å². The summed E-state index contributed by atoms with van der Waals surface area (Å²) in [5.74, 6) is 0.638. The molecule has 0 atom stereocenters. The largest absolute Gasteiger partial charge is 0.378 e. The van der Waals surface area contributed by atoms with Crippen LogP contribution in [-0.4, -0.2) is 9.97 Å². The van der Waals surface area contributed by atoms with Crippen LogP contribution in [-0.2, 0) is 6.54 Å². The zero-order valence-corrected chi connectivity index (χ0v) is 12.2. The highest BCUT2D eigenvalue weighted by Gasteiger charge is 2.04. The molecule has 1 aromatic carbocycles. The Kier molecular flexibility index (Phi) is 3.35. The van der Waals surface area contributed by atoms with Crippen LogP contribution in [0.2, 0.25) is 0 Å². The summed E-state index contributed by atoms with van der Waals surface area (Å²) in [5, 5.41) is 5.10. The van der Waals surface area contributed by atoms with Gasteiger partial charge in [0.15, 0.2) is 0 Å². The van der Waals surface area contributed by atoms with E-state index in [1.165, 1.54) is 11.3 Å². The summed E-state index contributed by atoms with van der Waals surface area (Å²) in [5.41, 5.74) is 1.66. The molecule has 3 aromatic rings. The van der Waals surface area contributed by atoms with E-state index in [0.29, 0.717) is 17.1 Å². The Balaban J connectivity index is 1.81. The SMILES string of the molecule is O=c1[nH]c(CNc2ccc(Br)cc2)nc2ccsc12. The molecule has 6 heteroatoms. The van der Waals surface area contributed by atoms with Crippen molar-refractivity contribution in [2.75, 3.05) is 5.32 Å². The van der Waals surface area contributed by atoms with Crippen molar-refractivity contribution in [3.05, 3.63) is 56.4 Å². The predicted octanol–water partition coefficient (Wildman–Crippen LogP) is 3.36. The van der Waals surface area contributed by atoms with E-state index < -0.39 is 0 Å². The third kappa shape index (κ3) is 2.69. The number of nitrogens with one attached hydrogen (secondary N) is 2. The topological polar surface area (TPSA) is 57.8 Å². The molecule has 0 radical (unpaired) electrons. The average Bonchev–Trinajstić information content (AvgIpc) is 2.87. The molecule has 19 heavy (non-hydrogen) atoms. The molecule has 2 N–H and O–H groups in total. The van der Waals surface area contributed by atoms with Crippen LogP contribution in [0.4, 0.5) is 5.69 Å². The molecule has 2 aromatic heterocycles. The van der Waals surface area contributed by atoms with E-state index in [1.807, 2.05) is 35.7 Å². The van der Waals surface area contributed by atoms with Crippen LogP contribution >= 0.6 is 27.3 Å². The fourth-order valence-corrected chi connectivity index (χ4v) is 2.75. The lowest BCUT2D eigenvalue weighted by Crippen LogP contribution is -2.13. The second-order valence-electron chi connectivity index (χ2n) is 4.01. The monoisotopic (exact) mass is 335 g/mol. The minimum Gasteiger partial charge on any atom is -0.378 e. The first-order valence-corrected chi connectivity index (χ1v) is 7.35. The molecule has 96 valence electrons. The number of hydrogen-bond acceptors (Lipinski definition) is 4. The number of anilines is 1. The number of hydrogen-bond donors (Lipinski definition) is 2. The van der Waals surface area contributed by atoms with Crippen molar-refractivity contribution < 1.29 is 0 Å². The van der Waals surface area contributed by atoms with Crippen molar-refractivity contribution in [3.8, 4) is 0 Å². The number of nitrogens with zero attached hydrogens (tertiary/aromatic N) is 1. The number of aromatic nitrogens is 2. The summed E-state index contributed by atoms with van der Waals surface area (Å²) in [6, 6.07) is 9.70. The predicted molar refractivity (Wildman–Crippen MR) is 81.7 cm³/mol. The van der Waals surface area contributed by atoms with Crippen LogP contribution in [0.1, 0.15) is 5.82 Å². The second-order valence-corrected chi connectivity index (χ2v) is 5.84. The van der Waals surface area contributed by atoms with Crippen LogP contribution in [0.25, 0.3) is 10.2 Å². The molecule has 0 unspecified atom stereocenters. The van der Waals surface area contributed by atoms with Crippen molar-refractivity contribution in [1.82, 2.24) is 9.97 Å². The number of rotatable bonds is 3. The van der Waals surface area contributed by atoms with Crippen molar-refractivity contribution in [1.29, 1.82) is 0 Å². The molecule has 0 aliphatic rings. The van der Waals surface area contributed by atoms with Crippen LogP contribution in [0.3, 0.4) is 0 Å². The maximum Gasteiger partial charge on any atom is 0.268 e. The molecule has 0 aliphatic heterocycles. The first-order chi connectivity index (χ1) is 9.22. The highest BCUT2D eigenvalue weighted by Crippen LogP contribution is 2.16. The molecule has 3 rings (SSSR count). The fourth-order valence-electron chi connectivity index (χ4n) is 1.76. The molecular formula is C13H10BrN3OS. The molecule has 0 spiro atoms. The smallest absolute Gasteiger partial charge is 0.268 e. The van der Waals surface area contributed by atoms with Crippen LogP contribution in [0, 0.1) is 0 Å². The van der Waals surface area contributed by atoms with E-state index in [4.69, 9.17) is 0 Å². The third-order valence-corrected chi connectivity index (χ3v) is 4.10. The molecule has 0 bridgehead atoms. The number of benzene rings is 1. The molecule has 0 saturated heterocycles. The van der Waals surface area contributed by atoms with Gasteiger partial charge in [-0.25, -0.2) is 4.98 Å². The van der Waals surface area contributed by atoms with Gasteiger partial charge in [-0.05, 0) is 35.7 Å². The van der Waals surface area contributed by atoms with Gasteiger partial charge in [0.25, 0.3) is 5.56 Å². The Bertz CT molecular complexity index is 763. The quantitative estimate of drug-likeness (QED) is 0.771. The average molecular weight is 336 g/mol. The van der Waals surface area contributed by atoms with Gasteiger partial charge in [0.05, 0.1) is 12.1 Å². The molecule has 0 amide bonds. The Morgan fingerprint density at radius 3 is 2.84 bits per heavy atom. The van der Waals surface area contributed by atoms with Crippen molar-refractivity contribution in [2.45, 2.75) is 6.54 Å². The first kappa shape index (κ1) is 12.4. The van der Waals surface area contributed by atoms with Gasteiger partial charge in [-0.2, -0.15) is 0 Å². The first-order valence-electron chi connectivity index (χ1n) is 5.68. The number of thiophene rings is 1. The molecular weight excluding hydrogens is 326 g/mol. The molecule has 2 heterocycles. The van der Waals surface area contributed by atoms with Gasteiger partial charge >= 0.3 is 0 Å². The Hall–Kier alpha value is -1.66. The summed E-state index contributed by atoms with van der Waals surface area (Å²) >= 11 is 4.79. The summed E-state index contributed by atoms with van der Waals surface area (Å²) in [4.78, 5) is 19.0. The Labute approximate surface area is 121 Å². The van der Waals surface area contributed by atoms with Gasteiger partial charge in [-0.1, -0.05) is 15.9 Å². The standard InChI is InChI=1S/C13H10BrN3OS/c14-8-1-3-9(4-2-8)15-7-11-16-10-5-6-19-12(10)13(18)17-11/h1-6,15H,7H2,(H,16,17,18). The lowest BCUT2D eigenvalue weighted by Gasteiger charge is -2.05. The fraction of sp³-hybridized carbons (Fsp3) is 0.0769. The van der Waals surface area contributed by atoms with Gasteiger partial charge in [0, 0.05) is 10.2 Å². The normalized spacial score (nSPS) is 10.8. The molecule has 4 nitrogen and oxygen atoms in total. The Morgan fingerprint density at radius 1 is 1.26 bits per heavy atom. The van der Waals surface area contributed by atoms with Gasteiger partial charge < -0.3 is 10.3 Å². The number of H-pyrrole nitrogens is 1. The zero-order valence-electron chi connectivity index (χ0n) is 9.81. The zero-order chi connectivity index (χ0) is 13.2. The highest BCUT2D eigenvalue weighted by atomic mass is 79.9. The van der Waals surface area contributed by atoms with E-state index in [1.54, 1.807) is 0 Å². The molecule has 0 saturated carbocycles. The highest BCUT2D eigenvalue weighted by molar-refractivity contribution is 9.10. The minimum absolute atomic E-state index is 0.0763. The number of aromatic amines is 1. The van der Waals surface area contributed by atoms with E-state index in [-0.39, 0.29) is 5.56 Å². The second kappa shape index (κ2) is 5.14. The van der Waals surface area contributed by atoms with Crippen molar-refractivity contribution in [3.63, 3.8) is 0 Å². The van der Waals surface area contributed by atoms with E-state index in [0.717, 1.165) is 15.7 Å². The van der Waals surface area contributed by atoms with Gasteiger partial charge in [0.2, 0.25) is 0 Å². The van der Waals surface area contributed by atoms with Crippen LogP contribution < -0.4 is 10.9 Å². The van der Waals surface area contributed by atoms with E-state index >= 15 is 0 Å².